The molecule has 0 atom stereocenters. The minimum absolute atomic E-state index is 0.251. The van der Waals surface area contributed by atoms with E-state index in [4.69, 9.17) is 9.47 Å². The zero-order chi connectivity index (χ0) is 23.6. The topological polar surface area (TPSA) is 84.9 Å². The van der Waals surface area contributed by atoms with E-state index in [9.17, 15) is 13.2 Å². The Bertz CT molecular complexity index is 1290. The van der Waals surface area contributed by atoms with Crippen LogP contribution in [0.4, 0.5) is 5.69 Å². The third kappa shape index (κ3) is 4.72. The summed E-state index contributed by atoms with van der Waals surface area (Å²) in [5, 5.41) is 2.88. The van der Waals surface area contributed by atoms with Crippen LogP contribution >= 0.6 is 0 Å². The zero-order valence-corrected chi connectivity index (χ0v) is 19.6. The van der Waals surface area contributed by atoms with Gasteiger partial charge in [-0.05, 0) is 60.9 Å². The van der Waals surface area contributed by atoms with Gasteiger partial charge in [0, 0.05) is 24.8 Å². The number of sulfonamides is 1. The molecule has 0 fully saturated rings. The first-order chi connectivity index (χ1) is 15.8. The van der Waals surface area contributed by atoms with Gasteiger partial charge >= 0.3 is 0 Å². The highest BCUT2D eigenvalue weighted by Gasteiger charge is 2.28. The van der Waals surface area contributed by atoms with Crippen molar-refractivity contribution in [3.8, 4) is 11.5 Å². The van der Waals surface area contributed by atoms with Crippen LogP contribution in [0.3, 0.4) is 0 Å². The smallest absolute Gasteiger partial charge is 0.259 e. The fourth-order valence-electron chi connectivity index (χ4n) is 3.86. The number of carbonyl (C=O) groups is 1. The molecule has 0 unspecified atom stereocenters. The maximum absolute atomic E-state index is 13.1. The van der Waals surface area contributed by atoms with Crippen LogP contribution in [0.15, 0.2) is 65.6 Å². The maximum atomic E-state index is 13.1. The van der Waals surface area contributed by atoms with Crippen LogP contribution in [0.2, 0.25) is 0 Å². The maximum Gasteiger partial charge on any atom is 0.259 e. The highest BCUT2D eigenvalue weighted by molar-refractivity contribution is 7.89. The molecule has 3 aromatic carbocycles. The minimum Gasteiger partial charge on any atom is -0.497 e. The number of carbonyl (C=O) groups excluding carboxylic acids is 1. The number of fused-ring (bicyclic) bond motifs is 1. The number of rotatable bonds is 6. The van der Waals surface area contributed by atoms with Crippen molar-refractivity contribution in [1.29, 1.82) is 0 Å². The summed E-state index contributed by atoms with van der Waals surface area (Å²) in [5.74, 6) is 0.668. The highest BCUT2D eigenvalue weighted by atomic mass is 32.2. The third-order valence-electron chi connectivity index (χ3n) is 5.75. The van der Waals surface area contributed by atoms with Gasteiger partial charge in [-0.3, -0.25) is 4.79 Å². The van der Waals surface area contributed by atoms with Crippen molar-refractivity contribution in [1.82, 2.24) is 4.31 Å². The molecule has 0 bridgehead atoms. The van der Waals surface area contributed by atoms with Crippen molar-refractivity contribution in [2.45, 2.75) is 24.8 Å². The highest BCUT2D eigenvalue weighted by Crippen LogP contribution is 2.29. The standard InChI is InChI=1S/C25H26N2O5S/c1-17-4-9-22(10-5-17)33(29,30)27-13-12-18-6-7-20(14-19(18)16-27)26-25(28)23-11-8-21(31-2)15-24(23)32-3/h4-11,14-15H,12-13,16H2,1-3H3,(H,26,28). The molecule has 4 rings (SSSR count). The lowest BCUT2D eigenvalue weighted by Gasteiger charge is -2.28. The molecular weight excluding hydrogens is 440 g/mol. The first-order valence-corrected chi connectivity index (χ1v) is 12.0. The van der Waals surface area contributed by atoms with Crippen molar-refractivity contribution >= 4 is 21.6 Å². The Kier molecular flexibility index (Phi) is 6.40. The molecule has 3 aromatic rings. The van der Waals surface area contributed by atoms with Gasteiger partial charge in [-0.1, -0.05) is 23.8 Å². The number of nitrogens with zero attached hydrogens (tertiary/aromatic N) is 1. The van der Waals surface area contributed by atoms with E-state index in [1.54, 1.807) is 49.6 Å². The van der Waals surface area contributed by atoms with Gasteiger partial charge in [0.15, 0.2) is 0 Å². The number of benzene rings is 3. The van der Waals surface area contributed by atoms with Crippen molar-refractivity contribution in [3.05, 3.63) is 82.9 Å². The fourth-order valence-corrected chi connectivity index (χ4v) is 5.28. The molecule has 0 aromatic heterocycles. The molecule has 1 amide bonds. The van der Waals surface area contributed by atoms with Crippen molar-refractivity contribution in [2.24, 2.45) is 0 Å². The van der Waals surface area contributed by atoms with E-state index >= 15 is 0 Å². The van der Waals surface area contributed by atoms with Gasteiger partial charge in [0.05, 0.1) is 24.7 Å². The van der Waals surface area contributed by atoms with Crippen LogP contribution in [0.1, 0.15) is 27.0 Å². The number of ether oxygens (including phenoxy) is 2. The minimum atomic E-state index is -3.60. The Morgan fingerprint density at radius 1 is 0.939 bits per heavy atom. The van der Waals surface area contributed by atoms with E-state index < -0.39 is 10.0 Å². The second-order valence-corrected chi connectivity index (χ2v) is 9.84. The van der Waals surface area contributed by atoms with Crippen molar-refractivity contribution in [2.75, 3.05) is 26.1 Å². The van der Waals surface area contributed by atoms with Gasteiger partial charge in [0.2, 0.25) is 10.0 Å². The molecule has 0 saturated carbocycles. The Labute approximate surface area is 194 Å². The van der Waals surface area contributed by atoms with Crippen LogP contribution < -0.4 is 14.8 Å². The first kappa shape index (κ1) is 22.8. The Morgan fingerprint density at radius 2 is 1.70 bits per heavy atom. The Morgan fingerprint density at radius 3 is 2.39 bits per heavy atom. The third-order valence-corrected chi connectivity index (χ3v) is 7.61. The SMILES string of the molecule is COc1ccc(C(=O)Nc2ccc3c(c2)CN(S(=O)(=O)c2ccc(C)cc2)CC3)c(OC)c1. The molecular formula is C25H26N2O5S. The molecule has 33 heavy (non-hydrogen) atoms. The summed E-state index contributed by atoms with van der Waals surface area (Å²) in [6.07, 6.45) is 0.612. The summed E-state index contributed by atoms with van der Waals surface area (Å²) in [6.45, 7) is 2.59. The quantitative estimate of drug-likeness (QED) is 0.593. The number of anilines is 1. The Balaban J connectivity index is 1.55. The van der Waals surface area contributed by atoms with Gasteiger partial charge < -0.3 is 14.8 Å². The predicted octanol–water partition coefficient (Wildman–Crippen LogP) is 4.01. The summed E-state index contributed by atoms with van der Waals surface area (Å²) in [4.78, 5) is 13.1. The van der Waals surface area contributed by atoms with Crippen LogP contribution in [0, 0.1) is 6.92 Å². The molecule has 0 aliphatic carbocycles. The lowest BCUT2D eigenvalue weighted by atomic mass is 10.0. The van der Waals surface area contributed by atoms with Crippen molar-refractivity contribution < 1.29 is 22.7 Å². The molecule has 8 heteroatoms. The normalized spacial score (nSPS) is 13.8. The summed E-state index contributed by atoms with van der Waals surface area (Å²) in [5.41, 5.74) is 3.92. The van der Waals surface area contributed by atoms with E-state index in [-0.39, 0.29) is 17.3 Å². The van der Waals surface area contributed by atoms with Gasteiger partial charge in [-0.25, -0.2) is 8.42 Å². The number of methoxy groups -OCH3 is 2. The van der Waals surface area contributed by atoms with Gasteiger partial charge in [-0.15, -0.1) is 0 Å². The van der Waals surface area contributed by atoms with E-state index in [2.05, 4.69) is 5.32 Å². The molecule has 1 N–H and O–H groups in total. The summed E-state index contributed by atoms with van der Waals surface area (Å²) in [7, 11) is -0.559. The van der Waals surface area contributed by atoms with E-state index in [1.165, 1.54) is 11.4 Å². The predicted molar refractivity (Wildman–Crippen MR) is 126 cm³/mol. The molecule has 7 nitrogen and oxygen atoms in total. The number of aryl methyl sites for hydroxylation is 1. The van der Waals surface area contributed by atoms with Gasteiger partial charge in [-0.2, -0.15) is 4.31 Å². The van der Waals surface area contributed by atoms with Gasteiger partial charge in [0.25, 0.3) is 5.91 Å². The second kappa shape index (κ2) is 9.25. The monoisotopic (exact) mass is 466 g/mol. The van der Waals surface area contributed by atoms with Crippen LogP contribution in [0.5, 0.6) is 11.5 Å². The molecule has 1 aliphatic heterocycles. The molecule has 172 valence electrons. The zero-order valence-electron chi connectivity index (χ0n) is 18.8. The average Bonchev–Trinajstić information content (AvgIpc) is 2.83. The summed E-state index contributed by atoms with van der Waals surface area (Å²) < 4.78 is 38.2. The molecule has 0 spiro atoms. The second-order valence-electron chi connectivity index (χ2n) is 7.91. The molecule has 1 aliphatic rings. The van der Waals surface area contributed by atoms with E-state index in [0.717, 1.165) is 16.7 Å². The number of amides is 1. The number of hydrogen-bond acceptors (Lipinski definition) is 5. The lowest BCUT2D eigenvalue weighted by molar-refractivity contribution is 0.102. The van der Waals surface area contributed by atoms with Crippen LogP contribution in [0.25, 0.3) is 0 Å². The lowest BCUT2D eigenvalue weighted by Crippen LogP contribution is -2.36. The molecule has 0 radical (unpaired) electrons. The summed E-state index contributed by atoms with van der Waals surface area (Å²) in [6, 6.07) is 17.5. The largest absolute Gasteiger partial charge is 0.497 e. The number of nitrogens with one attached hydrogen (secondary N) is 1. The first-order valence-electron chi connectivity index (χ1n) is 10.5. The molecule has 0 saturated heterocycles. The van der Waals surface area contributed by atoms with E-state index in [1.807, 2.05) is 25.1 Å². The van der Waals surface area contributed by atoms with Crippen LogP contribution in [-0.4, -0.2) is 39.4 Å². The van der Waals surface area contributed by atoms with Crippen LogP contribution in [-0.2, 0) is 23.0 Å². The fraction of sp³-hybridized carbons (Fsp3) is 0.240. The average molecular weight is 467 g/mol. The van der Waals surface area contributed by atoms with E-state index in [0.29, 0.717) is 35.7 Å². The van der Waals surface area contributed by atoms with Crippen molar-refractivity contribution in [3.63, 3.8) is 0 Å². The number of hydrogen-bond donors (Lipinski definition) is 1. The molecule has 1 heterocycles. The summed E-state index contributed by atoms with van der Waals surface area (Å²) >= 11 is 0. The Hall–Kier alpha value is -3.36. The van der Waals surface area contributed by atoms with Gasteiger partial charge in [0.1, 0.15) is 11.5 Å².